The number of hydrogen-bond acceptors (Lipinski definition) is 7. The molecule has 10 heteroatoms. The summed E-state index contributed by atoms with van der Waals surface area (Å²) in [6.07, 6.45) is 0.765. The number of anilines is 1. The topological polar surface area (TPSA) is 101 Å². The maximum absolute atomic E-state index is 13.4. The van der Waals surface area contributed by atoms with Gasteiger partial charge in [-0.3, -0.25) is 14.5 Å². The second-order valence-electron chi connectivity index (χ2n) is 9.22. The molecule has 1 atom stereocenters. The number of piperazine rings is 1. The van der Waals surface area contributed by atoms with Crippen LogP contribution >= 0.6 is 0 Å². The first-order valence-electron chi connectivity index (χ1n) is 12.1. The molecule has 0 aliphatic carbocycles. The second kappa shape index (κ2) is 9.60. The van der Waals surface area contributed by atoms with Gasteiger partial charge in [0.05, 0.1) is 20.3 Å². The van der Waals surface area contributed by atoms with Gasteiger partial charge < -0.3 is 29.3 Å². The Bertz CT molecular complexity index is 1160. The van der Waals surface area contributed by atoms with Gasteiger partial charge in [0.15, 0.2) is 11.5 Å². The van der Waals surface area contributed by atoms with Crippen LogP contribution < -0.4 is 24.4 Å². The Morgan fingerprint density at radius 1 is 1.00 bits per heavy atom. The van der Waals surface area contributed by atoms with Gasteiger partial charge in [0.2, 0.25) is 5.91 Å². The summed E-state index contributed by atoms with van der Waals surface area (Å²) >= 11 is 0. The van der Waals surface area contributed by atoms with Gasteiger partial charge in [-0.2, -0.15) is 0 Å². The predicted molar refractivity (Wildman–Crippen MR) is 131 cm³/mol. The highest BCUT2D eigenvalue weighted by Gasteiger charge is 2.50. The van der Waals surface area contributed by atoms with Crippen LogP contribution in [-0.4, -0.2) is 80.7 Å². The first-order valence-corrected chi connectivity index (χ1v) is 12.1. The molecule has 2 saturated heterocycles. The van der Waals surface area contributed by atoms with Crippen LogP contribution in [0, 0.1) is 0 Å². The van der Waals surface area contributed by atoms with Crippen molar-refractivity contribution in [3.8, 4) is 17.2 Å². The molecule has 3 aliphatic heterocycles. The highest BCUT2D eigenvalue weighted by atomic mass is 16.5. The molecule has 36 heavy (non-hydrogen) atoms. The van der Waals surface area contributed by atoms with Crippen LogP contribution in [-0.2, 0) is 15.1 Å². The lowest BCUT2D eigenvalue weighted by molar-refractivity contribution is -0.139. The monoisotopic (exact) mass is 494 g/mol. The van der Waals surface area contributed by atoms with E-state index in [0.29, 0.717) is 56.5 Å². The van der Waals surface area contributed by atoms with Gasteiger partial charge in [0.1, 0.15) is 17.8 Å². The third-order valence-electron chi connectivity index (χ3n) is 6.96. The molecule has 2 aromatic carbocycles. The fourth-order valence-corrected chi connectivity index (χ4v) is 4.75. The molecule has 0 unspecified atom stereocenters. The molecular weight excluding hydrogens is 464 g/mol. The van der Waals surface area contributed by atoms with Crippen LogP contribution in [0.15, 0.2) is 42.5 Å². The van der Waals surface area contributed by atoms with Crippen molar-refractivity contribution in [2.75, 3.05) is 57.9 Å². The normalized spacial score (nSPS) is 21.8. The Morgan fingerprint density at radius 2 is 1.69 bits per heavy atom. The van der Waals surface area contributed by atoms with Gasteiger partial charge in [-0.15, -0.1) is 0 Å². The standard InChI is InChI=1S/C26H30N4O6/c1-26(18-4-9-21-22(16-18)36-15-3-14-35-21)24(32)30(25(33)27-26)17-23(31)29-12-10-28(11-13-29)19-5-7-20(34-2)8-6-19/h4-9,16H,3,10-15,17H2,1-2H3,(H,27,33)/t26-/m1/s1. The molecule has 3 heterocycles. The summed E-state index contributed by atoms with van der Waals surface area (Å²) in [5, 5.41) is 2.77. The summed E-state index contributed by atoms with van der Waals surface area (Å²) in [6.45, 7) is 4.75. The van der Waals surface area contributed by atoms with E-state index in [1.807, 2.05) is 24.3 Å². The summed E-state index contributed by atoms with van der Waals surface area (Å²) < 4.78 is 16.6. The number of rotatable bonds is 5. The molecule has 1 N–H and O–H groups in total. The highest BCUT2D eigenvalue weighted by Crippen LogP contribution is 2.36. The number of amides is 4. The Hall–Kier alpha value is -3.95. The molecule has 3 aliphatic rings. The Kier molecular flexibility index (Phi) is 6.34. The van der Waals surface area contributed by atoms with E-state index in [0.717, 1.165) is 22.8 Å². The molecule has 190 valence electrons. The number of carbonyl (C=O) groups excluding carboxylic acids is 3. The Labute approximate surface area is 209 Å². The van der Waals surface area contributed by atoms with E-state index in [2.05, 4.69) is 10.2 Å². The zero-order valence-corrected chi connectivity index (χ0v) is 20.5. The highest BCUT2D eigenvalue weighted by molar-refractivity contribution is 6.09. The minimum atomic E-state index is -1.30. The van der Waals surface area contributed by atoms with Crippen molar-refractivity contribution < 1.29 is 28.6 Å². The van der Waals surface area contributed by atoms with Crippen molar-refractivity contribution in [2.24, 2.45) is 0 Å². The molecule has 0 aromatic heterocycles. The second-order valence-corrected chi connectivity index (χ2v) is 9.22. The molecule has 0 radical (unpaired) electrons. The summed E-state index contributed by atoms with van der Waals surface area (Å²) in [7, 11) is 1.63. The van der Waals surface area contributed by atoms with E-state index < -0.39 is 17.5 Å². The predicted octanol–water partition coefficient (Wildman–Crippen LogP) is 1.97. The van der Waals surface area contributed by atoms with Crippen molar-refractivity contribution in [1.82, 2.24) is 15.1 Å². The summed E-state index contributed by atoms with van der Waals surface area (Å²) in [4.78, 5) is 44.1. The molecule has 0 saturated carbocycles. The first kappa shape index (κ1) is 23.8. The third kappa shape index (κ3) is 4.38. The van der Waals surface area contributed by atoms with Crippen LogP contribution in [0.5, 0.6) is 17.2 Å². The van der Waals surface area contributed by atoms with E-state index >= 15 is 0 Å². The molecule has 10 nitrogen and oxygen atoms in total. The van der Waals surface area contributed by atoms with Gasteiger partial charge in [-0.1, -0.05) is 6.07 Å². The van der Waals surface area contributed by atoms with E-state index in [1.54, 1.807) is 37.1 Å². The number of nitrogens with one attached hydrogen (secondary N) is 1. The van der Waals surface area contributed by atoms with Gasteiger partial charge in [-0.05, 0) is 48.9 Å². The van der Waals surface area contributed by atoms with Gasteiger partial charge in [0, 0.05) is 38.3 Å². The first-order chi connectivity index (χ1) is 17.4. The Morgan fingerprint density at radius 3 is 2.39 bits per heavy atom. The van der Waals surface area contributed by atoms with Gasteiger partial charge in [-0.25, -0.2) is 4.79 Å². The minimum absolute atomic E-state index is 0.254. The number of ether oxygens (including phenoxy) is 3. The Balaban J connectivity index is 1.22. The minimum Gasteiger partial charge on any atom is -0.497 e. The average Bonchev–Trinajstić information content (AvgIpc) is 3.05. The largest absolute Gasteiger partial charge is 0.497 e. The third-order valence-corrected chi connectivity index (χ3v) is 6.96. The van der Waals surface area contributed by atoms with E-state index in [4.69, 9.17) is 14.2 Å². The summed E-state index contributed by atoms with van der Waals surface area (Å²) in [6, 6.07) is 12.4. The van der Waals surface area contributed by atoms with Gasteiger partial charge in [0.25, 0.3) is 5.91 Å². The number of carbonyl (C=O) groups is 3. The summed E-state index contributed by atoms with van der Waals surface area (Å²) in [5.74, 6) is 1.22. The number of methoxy groups -OCH3 is 1. The fourth-order valence-electron chi connectivity index (χ4n) is 4.75. The summed E-state index contributed by atoms with van der Waals surface area (Å²) in [5.41, 5.74) is 0.339. The van der Waals surface area contributed by atoms with Crippen molar-refractivity contribution in [3.63, 3.8) is 0 Å². The number of fused-ring (bicyclic) bond motifs is 1. The number of urea groups is 1. The maximum Gasteiger partial charge on any atom is 0.325 e. The van der Waals surface area contributed by atoms with E-state index in [1.165, 1.54) is 0 Å². The molecular formula is C26H30N4O6. The number of benzene rings is 2. The van der Waals surface area contributed by atoms with E-state index in [-0.39, 0.29) is 12.5 Å². The quantitative estimate of drug-likeness (QED) is 0.635. The van der Waals surface area contributed by atoms with Crippen LogP contribution in [0.2, 0.25) is 0 Å². The molecule has 2 fully saturated rings. The lowest BCUT2D eigenvalue weighted by Gasteiger charge is -2.36. The zero-order valence-electron chi connectivity index (χ0n) is 20.5. The van der Waals surface area contributed by atoms with Crippen molar-refractivity contribution in [3.05, 3.63) is 48.0 Å². The van der Waals surface area contributed by atoms with Crippen LogP contribution in [0.25, 0.3) is 0 Å². The lowest BCUT2D eigenvalue weighted by Crippen LogP contribution is -2.52. The molecule has 5 rings (SSSR count). The smallest absolute Gasteiger partial charge is 0.325 e. The lowest BCUT2D eigenvalue weighted by atomic mass is 9.91. The van der Waals surface area contributed by atoms with Crippen LogP contribution in [0.3, 0.4) is 0 Å². The van der Waals surface area contributed by atoms with Crippen molar-refractivity contribution >= 4 is 23.5 Å². The SMILES string of the molecule is COc1ccc(N2CCN(C(=O)CN3C(=O)N[C@](C)(c4ccc5c(c4)OCCCO5)C3=O)CC2)cc1. The average molecular weight is 495 g/mol. The number of imide groups is 1. The molecule has 0 spiro atoms. The number of nitrogens with zero attached hydrogens (tertiary/aromatic N) is 3. The molecule has 0 bridgehead atoms. The van der Waals surface area contributed by atoms with Crippen LogP contribution in [0.4, 0.5) is 10.5 Å². The molecule has 2 aromatic rings. The maximum atomic E-state index is 13.4. The fraction of sp³-hybridized carbons (Fsp3) is 0.423. The van der Waals surface area contributed by atoms with Crippen molar-refractivity contribution in [1.29, 1.82) is 0 Å². The zero-order chi connectivity index (χ0) is 25.3. The van der Waals surface area contributed by atoms with Crippen LogP contribution in [0.1, 0.15) is 18.9 Å². The molecule has 4 amide bonds. The van der Waals surface area contributed by atoms with E-state index in [9.17, 15) is 14.4 Å². The number of hydrogen-bond donors (Lipinski definition) is 1. The van der Waals surface area contributed by atoms with Crippen molar-refractivity contribution in [2.45, 2.75) is 18.9 Å². The van der Waals surface area contributed by atoms with Gasteiger partial charge >= 0.3 is 6.03 Å².